The molecule has 12 heteroatoms. The van der Waals surface area contributed by atoms with Crippen LogP contribution in [0.2, 0.25) is 0 Å². The van der Waals surface area contributed by atoms with E-state index in [1.807, 2.05) is 0 Å². The van der Waals surface area contributed by atoms with Gasteiger partial charge in [-0.05, 0) is 55.4 Å². The van der Waals surface area contributed by atoms with Crippen molar-refractivity contribution in [3.05, 3.63) is 0 Å². The Morgan fingerprint density at radius 2 is 0.943 bits per heavy atom. The highest BCUT2D eigenvalue weighted by Gasteiger charge is 2.44. The van der Waals surface area contributed by atoms with Crippen LogP contribution in [0.1, 0.15) is 75.7 Å². The van der Waals surface area contributed by atoms with Gasteiger partial charge in [0.2, 0.25) is 23.3 Å². The number of ether oxygens (including phenoxy) is 4. The van der Waals surface area contributed by atoms with Crippen molar-refractivity contribution in [1.29, 1.82) is 0 Å². The molecule has 0 saturated heterocycles. The Hall–Kier alpha value is -1.62. The molecule has 2 unspecified atom stereocenters. The fourth-order valence-corrected chi connectivity index (χ4v) is 3.86. The second-order valence-corrected chi connectivity index (χ2v) is 11.1. The summed E-state index contributed by atoms with van der Waals surface area (Å²) in [5, 5.41) is 5.05. The van der Waals surface area contributed by atoms with Gasteiger partial charge in [-0.15, -0.1) is 23.2 Å². The molecule has 0 aromatic carbocycles. The molecular formula is C23H40Cl2N2O8. The zero-order chi connectivity index (χ0) is 27.8. The minimum Gasteiger partial charge on any atom is -0.436 e. The second-order valence-electron chi connectivity index (χ2n) is 10.4. The molecule has 0 aliphatic carbocycles. The first-order valence-electron chi connectivity index (χ1n) is 11.1. The van der Waals surface area contributed by atoms with E-state index in [1.165, 1.54) is 27.7 Å². The molecule has 0 saturated carbocycles. The van der Waals surface area contributed by atoms with Gasteiger partial charge in [0.15, 0.2) is 0 Å². The number of carbonyl (C=O) groups excluding carboxylic acids is 4. The standard InChI is InChI=1S/C23H40Cl2N2O8/c1-14(28)26-22(9,16(12-24)32-20(3,4)5)34-18(30)11-19(31)35-23(10,27-15(2)29)17(13-25)33-21(6,7)8/h16-17H,11-13H2,1-10H3,(H,26,28)(H,27,29)/t16-,17-,22?,23?/m1/s1. The Labute approximate surface area is 218 Å². The van der Waals surface area contributed by atoms with Crippen LogP contribution < -0.4 is 10.6 Å². The van der Waals surface area contributed by atoms with Gasteiger partial charge >= 0.3 is 11.9 Å². The molecule has 35 heavy (non-hydrogen) atoms. The zero-order valence-electron chi connectivity index (χ0n) is 22.3. The summed E-state index contributed by atoms with van der Waals surface area (Å²) in [4.78, 5) is 49.0. The highest BCUT2D eigenvalue weighted by molar-refractivity contribution is 6.18. The maximum Gasteiger partial charge on any atom is 0.319 e. The first-order valence-corrected chi connectivity index (χ1v) is 12.2. The largest absolute Gasteiger partial charge is 0.436 e. The molecular weight excluding hydrogens is 503 g/mol. The number of halogens is 2. The lowest BCUT2D eigenvalue weighted by Crippen LogP contribution is -2.60. The van der Waals surface area contributed by atoms with Gasteiger partial charge in [0.25, 0.3) is 0 Å². The SMILES string of the molecule is CC(=O)NC(C)(OC(=O)CC(=O)OC(C)(NC(C)=O)[C@@H](CCl)OC(C)(C)C)[C@@H](CCl)OC(C)(C)C. The van der Waals surface area contributed by atoms with Crippen molar-refractivity contribution in [2.75, 3.05) is 11.8 Å². The number of alkyl halides is 2. The third kappa shape index (κ3) is 12.8. The van der Waals surface area contributed by atoms with Gasteiger partial charge in [-0.2, -0.15) is 0 Å². The van der Waals surface area contributed by atoms with E-state index in [1.54, 1.807) is 41.5 Å². The summed E-state index contributed by atoms with van der Waals surface area (Å²) in [7, 11) is 0. The minimum absolute atomic E-state index is 0.117. The van der Waals surface area contributed by atoms with E-state index in [0.717, 1.165) is 0 Å². The first-order chi connectivity index (χ1) is 15.7. The Kier molecular flexibility index (Phi) is 12.5. The second kappa shape index (κ2) is 13.1. The van der Waals surface area contributed by atoms with Gasteiger partial charge in [0, 0.05) is 13.8 Å². The molecule has 4 atom stereocenters. The van der Waals surface area contributed by atoms with Crippen LogP contribution in [0.25, 0.3) is 0 Å². The van der Waals surface area contributed by atoms with Crippen molar-refractivity contribution >= 4 is 47.0 Å². The van der Waals surface area contributed by atoms with Crippen molar-refractivity contribution < 1.29 is 38.1 Å². The van der Waals surface area contributed by atoms with E-state index in [4.69, 9.17) is 42.1 Å². The summed E-state index contributed by atoms with van der Waals surface area (Å²) in [5.74, 6) is -3.26. The summed E-state index contributed by atoms with van der Waals surface area (Å²) in [5.41, 5.74) is -4.69. The third-order valence-corrected chi connectivity index (χ3v) is 4.85. The molecule has 0 rings (SSSR count). The molecule has 2 N–H and O–H groups in total. The Morgan fingerprint density at radius 3 is 1.14 bits per heavy atom. The Morgan fingerprint density at radius 1 is 0.657 bits per heavy atom. The van der Waals surface area contributed by atoms with Gasteiger partial charge in [-0.3, -0.25) is 19.2 Å². The number of hydrogen-bond donors (Lipinski definition) is 2. The number of nitrogens with one attached hydrogen (secondary N) is 2. The highest BCUT2D eigenvalue weighted by atomic mass is 35.5. The fourth-order valence-electron chi connectivity index (χ4n) is 3.14. The number of amides is 2. The molecule has 0 aromatic rings. The molecule has 204 valence electrons. The molecule has 0 bridgehead atoms. The maximum absolute atomic E-state index is 12.7. The van der Waals surface area contributed by atoms with Crippen molar-refractivity contribution in [3.8, 4) is 0 Å². The van der Waals surface area contributed by atoms with Gasteiger partial charge in [0.05, 0.1) is 23.0 Å². The lowest BCUT2D eigenvalue weighted by Gasteiger charge is -2.40. The van der Waals surface area contributed by atoms with Crippen LogP contribution in [-0.4, -0.2) is 70.4 Å². The van der Waals surface area contributed by atoms with Gasteiger partial charge in [-0.25, -0.2) is 0 Å². The van der Waals surface area contributed by atoms with E-state index in [9.17, 15) is 19.2 Å². The van der Waals surface area contributed by atoms with Crippen LogP contribution in [-0.2, 0) is 38.1 Å². The Balaban J connectivity index is 5.71. The summed E-state index contributed by atoms with van der Waals surface area (Å²) in [6, 6.07) is 0. The van der Waals surface area contributed by atoms with E-state index < -0.39 is 65.0 Å². The molecule has 10 nitrogen and oxygen atoms in total. The predicted molar refractivity (Wildman–Crippen MR) is 132 cm³/mol. The van der Waals surface area contributed by atoms with Crippen LogP contribution in [0.3, 0.4) is 0 Å². The molecule has 0 heterocycles. The van der Waals surface area contributed by atoms with Gasteiger partial charge in [-0.1, -0.05) is 0 Å². The number of rotatable bonds is 12. The molecule has 0 spiro atoms. The van der Waals surface area contributed by atoms with Crippen molar-refractivity contribution in [2.45, 2.75) is 111 Å². The molecule has 0 aliphatic rings. The van der Waals surface area contributed by atoms with Crippen molar-refractivity contribution in [3.63, 3.8) is 0 Å². The summed E-state index contributed by atoms with van der Waals surface area (Å²) in [6.07, 6.45) is -2.70. The third-order valence-electron chi connectivity index (χ3n) is 4.29. The fraction of sp³-hybridized carbons (Fsp3) is 0.826. The van der Waals surface area contributed by atoms with Crippen LogP contribution in [0.4, 0.5) is 0 Å². The molecule has 0 fully saturated rings. The van der Waals surface area contributed by atoms with Gasteiger partial charge < -0.3 is 29.6 Å². The number of esters is 2. The summed E-state index contributed by atoms with van der Waals surface area (Å²) < 4.78 is 22.6. The number of carbonyl (C=O) groups is 4. The Bertz CT molecular complexity index is 704. The lowest BCUT2D eigenvalue weighted by molar-refractivity contribution is -0.204. The smallest absolute Gasteiger partial charge is 0.319 e. The van der Waals surface area contributed by atoms with E-state index >= 15 is 0 Å². The quantitative estimate of drug-likeness (QED) is 0.166. The molecule has 2 amide bonds. The molecule has 0 radical (unpaired) electrons. The topological polar surface area (TPSA) is 129 Å². The predicted octanol–water partition coefficient (Wildman–Crippen LogP) is 3.01. The van der Waals surface area contributed by atoms with Crippen LogP contribution in [0.5, 0.6) is 0 Å². The monoisotopic (exact) mass is 542 g/mol. The zero-order valence-corrected chi connectivity index (χ0v) is 23.8. The van der Waals surface area contributed by atoms with Crippen LogP contribution in [0.15, 0.2) is 0 Å². The van der Waals surface area contributed by atoms with E-state index in [0.29, 0.717) is 0 Å². The average Bonchev–Trinajstić information content (AvgIpc) is 2.60. The van der Waals surface area contributed by atoms with Crippen molar-refractivity contribution in [1.82, 2.24) is 10.6 Å². The van der Waals surface area contributed by atoms with Crippen LogP contribution in [0, 0.1) is 0 Å². The van der Waals surface area contributed by atoms with E-state index in [2.05, 4.69) is 10.6 Å². The summed E-state index contributed by atoms with van der Waals surface area (Å²) >= 11 is 12.1. The highest BCUT2D eigenvalue weighted by Crippen LogP contribution is 2.26. The van der Waals surface area contributed by atoms with Crippen molar-refractivity contribution in [2.24, 2.45) is 0 Å². The number of hydrogen-bond acceptors (Lipinski definition) is 8. The van der Waals surface area contributed by atoms with Gasteiger partial charge in [0.1, 0.15) is 18.6 Å². The lowest BCUT2D eigenvalue weighted by atomic mass is 10.1. The maximum atomic E-state index is 12.7. The first kappa shape index (κ1) is 33.4. The molecule has 0 aromatic heterocycles. The molecule has 0 aliphatic heterocycles. The average molecular weight is 543 g/mol. The normalized spacial score (nSPS) is 17.3. The minimum atomic E-state index is -1.67. The van der Waals surface area contributed by atoms with E-state index in [-0.39, 0.29) is 11.8 Å². The summed E-state index contributed by atoms with van der Waals surface area (Å²) in [6.45, 7) is 16.0. The van der Waals surface area contributed by atoms with Crippen LogP contribution >= 0.6 is 23.2 Å².